The van der Waals surface area contributed by atoms with Crippen LogP contribution in [0.3, 0.4) is 0 Å². The molecular formula is C20H24N4O2. The van der Waals surface area contributed by atoms with Crippen molar-refractivity contribution in [2.75, 3.05) is 27.3 Å². The second kappa shape index (κ2) is 6.96. The average molecular weight is 352 g/mol. The van der Waals surface area contributed by atoms with E-state index in [0.29, 0.717) is 18.7 Å². The number of carbonyl (C=O) groups excluding carboxylic acids is 1. The summed E-state index contributed by atoms with van der Waals surface area (Å²) in [4.78, 5) is 14.6. The highest BCUT2D eigenvalue weighted by molar-refractivity contribution is 6.02. The van der Waals surface area contributed by atoms with Crippen LogP contribution in [0.5, 0.6) is 0 Å². The molecule has 3 heterocycles. The molecule has 0 aliphatic heterocycles. The van der Waals surface area contributed by atoms with Crippen molar-refractivity contribution in [2.24, 2.45) is 5.92 Å². The molecule has 6 nitrogen and oxygen atoms in total. The van der Waals surface area contributed by atoms with Gasteiger partial charge in [0.15, 0.2) is 0 Å². The maximum Gasteiger partial charge on any atom is 0.255 e. The number of aromatic nitrogens is 3. The average Bonchev–Trinajstić information content (AvgIpc) is 3.21. The molecule has 0 aromatic carbocycles. The maximum absolute atomic E-state index is 12.9. The van der Waals surface area contributed by atoms with E-state index in [0.717, 1.165) is 29.4 Å². The van der Waals surface area contributed by atoms with Crippen LogP contribution in [0.25, 0.3) is 16.9 Å². The lowest BCUT2D eigenvalue weighted by molar-refractivity contribution is 0.0746. The predicted molar refractivity (Wildman–Crippen MR) is 100 cm³/mol. The largest absolute Gasteiger partial charge is 0.383 e. The minimum absolute atomic E-state index is 0.00517. The molecule has 0 radical (unpaired) electrons. The first-order valence-electron chi connectivity index (χ1n) is 9.05. The van der Waals surface area contributed by atoms with E-state index in [9.17, 15) is 4.79 Å². The van der Waals surface area contributed by atoms with Gasteiger partial charge in [0.2, 0.25) is 0 Å². The predicted octanol–water partition coefficient (Wildman–Crippen LogP) is 2.93. The fraction of sp³-hybridized carbons (Fsp3) is 0.400. The molecule has 4 rings (SSSR count). The number of carbonyl (C=O) groups is 1. The van der Waals surface area contributed by atoms with E-state index in [4.69, 9.17) is 9.84 Å². The lowest BCUT2D eigenvalue weighted by Crippen LogP contribution is -2.29. The number of rotatable bonds is 7. The smallest absolute Gasteiger partial charge is 0.255 e. The van der Waals surface area contributed by atoms with Gasteiger partial charge in [-0.1, -0.05) is 6.07 Å². The van der Waals surface area contributed by atoms with Crippen LogP contribution in [-0.4, -0.2) is 52.3 Å². The van der Waals surface area contributed by atoms with Gasteiger partial charge >= 0.3 is 0 Å². The Labute approximate surface area is 153 Å². The molecule has 3 aromatic rings. The van der Waals surface area contributed by atoms with Crippen molar-refractivity contribution in [1.29, 1.82) is 0 Å². The summed E-state index contributed by atoms with van der Waals surface area (Å²) in [5.41, 5.74) is 3.42. The van der Waals surface area contributed by atoms with Crippen LogP contribution in [-0.2, 0) is 11.3 Å². The number of pyridine rings is 1. The molecule has 0 spiro atoms. The third-order valence-corrected chi connectivity index (χ3v) is 4.93. The monoisotopic (exact) mass is 352 g/mol. The lowest BCUT2D eigenvalue weighted by atomic mass is 10.2. The van der Waals surface area contributed by atoms with Crippen LogP contribution >= 0.6 is 0 Å². The van der Waals surface area contributed by atoms with Gasteiger partial charge in [-0.05, 0) is 43.0 Å². The summed E-state index contributed by atoms with van der Waals surface area (Å²) in [5.74, 6) is 0.771. The zero-order valence-corrected chi connectivity index (χ0v) is 15.3. The molecule has 0 atom stereocenters. The second-order valence-electron chi connectivity index (χ2n) is 6.99. The number of methoxy groups -OCH3 is 1. The molecule has 0 bridgehead atoms. The molecular weight excluding hydrogens is 328 g/mol. The van der Waals surface area contributed by atoms with Crippen molar-refractivity contribution >= 4 is 11.4 Å². The van der Waals surface area contributed by atoms with Crippen LogP contribution in [0.2, 0.25) is 0 Å². The Kier molecular flexibility index (Phi) is 4.51. The SMILES string of the molecule is COCCN(C)C(=O)c1cc(-c2ccn(CC3CC3)n2)n2ccccc12. The Bertz CT molecular complexity index is 923. The molecule has 1 aliphatic rings. The normalized spacial score (nSPS) is 14.1. The van der Waals surface area contributed by atoms with Gasteiger partial charge < -0.3 is 14.0 Å². The Morgan fingerprint density at radius 1 is 1.31 bits per heavy atom. The second-order valence-corrected chi connectivity index (χ2v) is 6.99. The zero-order chi connectivity index (χ0) is 18.1. The van der Waals surface area contributed by atoms with Crippen molar-refractivity contribution in [3.05, 3.63) is 48.3 Å². The van der Waals surface area contributed by atoms with Crippen LogP contribution in [0.15, 0.2) is 42.7 Å². The summed E-state index contributed by atoms with van der Waals surface area (Å²) in [6, 6.07) is 9.88. The summed E-state index contributed by atoms with van der Waals surface area (Å²) in [5, 5.41) is 4.73. The molecule has 6 heteroatoms. The van der Waals surface area contributed by atoms with Gasteiger partial charge in [0, 0.05) is 39.6 Å². The first kappa shape index (κ1) is 16.8. The molecule has 0 unspecified atom stereocenters. The summed E-state index contributed by atoms with van der Waals surface area (Å²) in [6.07, 6.45) is 6.62. The minimum Gasteiger partial charge on any atom is -0.383 e. The number of likely N-dealkylation sites (N-methyl/N-ethyl adjacent to an activating group) is 1. The van der Waals surface area contributed by atoms with E-state index in [1.165, 1.54) is 12.8 Å². The third-order valence-electron chi connectivity index (χ3n) is 4.93. The Hall–Kier alpha value is -2.60. The van der Waals surface area contributed by atoms with E-state index >= 15 is 0 Å². The van der Waals surface area contributed by atoms with Crippen molar-refractivity contribution < 1.29 is 9.53 Å². The highest BCUT2D eigenvalue weighted by Gasteiger charge is 2.23. The maximum atomic E-state index is 12.9. The molecule has 0 N–H and O–H groups in total. The Morgan fingerprint density at radius 2 is 2.15 bits per heavy atom. The number of hydrogen-bond acceptors (Lipinski definition) is 3. The topological polar surface area (TPSA) is 51.8 Å². The van der Waals surface area contributed by atoms with E-state index in [1.54, 1.807) is 19.1 Å². The molecule has 136 valence electrons. The molecule has 3 aromatic heterocycles. The zero-order valence-electron chi connectivity index (χ0n) is 15.3. The number of ether oxygens (including phenoxy) is 1. The first-order valence-corrected chi connectivity index (χ1v) is 9.05. The summed E-state index contributed by atoms with van der Waals surface area (Å²) < 4.78 is 9.15. The van der Waals surface area contributed by atoms with E-state index in [2.05, 4.69) is 0 Å². The number of fused-ring (bicyclic) bond motifs is 1. The fourth-order valence-electron chi connectivity index (χ4n) is 3.22. The molecule has 1 amide bonds. The van der Waals surface area contributed by atoms with Gasteiger partial charge in [0.25, 0.3) is 5.91 Å². The van der Waals surface area contributed by atoms with Gasteiger partial charge in [0.05, 0.1) is 23.4 Å². The number of amides is 1. The summed E-state index contributed by atoms with van der Waals surface area (Å²) in [7, 11) is 3.44. The third kappa shape index (κ3) is 3.24. The van der Waals surface area contributed by atoms with Gasteiger partial charge in [-0.3, -0.25) is 9.48 Å². The molecule has 1 aliphatic carbocycles. The summed E-state index contributed by atoms with van der Waals surface area (Å²) in [6.45, 7) is 2.06. The van der Waals surface area contributed by atoms with Crippen LogP contribution in [0.1, 0.15) is 23.2 Å². The molecule has 0 saturated heterocycles. The van der Waals surface area contributed by atoms with Crippen molar-refractivity contribution in [2.45, 2.75) is 19.4 Å². The van der Waals surface area contributed by atoms with Crippen LogP contribution in [0, 0.1) is 5.92 Å². The lowest BCUT2D eigenvalue weighted by Gasteiger charge is -2.16. The number of nitrogens with zero attached hydrogens (tertiary/aromatic N) is 4. The van der Waals surface area contributed by atoms with Crippen LogP contribution in [0.4, 0.5) is 0 Å². The standard InChI is InChI=1S/C20H24N4O2/c1-22(11-12-26-2)20(25)16-13-19(24-9-4-3-5-18(16)24)17-8-10-23(21-17)14-15-6-7-15/h3-5,8-10,13,15H,6-7,11-12,14H2,1-2H3. The van der Waals surface area contributed by atoms with Gasteiger partial charge in [-0.15, -0.1) is 0 Å². The van der Waals surface area contributed by atoms with Gasteiger partial charge in [-0.2, -0.15) is 5.10 Å². The summed E-state index contributed by atoms with van der Waals surface area (Å²) >= 11 is 0. The number of hydrogen-bond donors (Lipinski definition) is 0. The highest BCUT2D eigenvalue weighted by Crippen LogP contribution is 2.31. The van der Waals surface area contributed by atoms with E-state index in [-0.39, 0.29) is 5.91 Å². The van der Waals surface area contributed by atoms with Crippen LogP contribution < -0.4 is 0 Å². The Balaban J connectivity index is 1.69. The quantitative estimate of drug-likeness (QED) is 0.657. The Morgan fingerprint density at radius 3 is 2.92 bits per heavy atom. The highest BCUT2D eigenvalue weighted by atomic mass is 16.5. The van der Waals surface area contributed by atoms with Gasteiger partial charge in [0.1, 0.15) is 5.69 Å². The molecule has 1 fully saturated rings. The van der Waals surface area contributed by atoms with Crippen molar-refractivity contribution in [1.82, 2.24) is 19.1 Å². The van der Waals surface area contributed by atoms with Crippen molar-refractivity contribution in [3.63, 3.8) is 0 Å². The molecule has 1 saturated carbocycles. The first-order chi connectivity index (χ1) is 12.7. The minimum atomic E-state index is -0.00517. The molecule has 26 heavy (non-hydrogen) atoms. The van der Waals surface area contributed by atoms with Crippen molar-refractivity contribution in [3.8, 4) is 11.4 Å². The van der Waals surface area contributed by atoms with Gasteiger partial charge in [-0.25, -0.2) is 0 Å². The van der Waals surface area contributed by atoms with E-state index < -0.39 is 0 Å². The van der Waals surface area contributed by atoms with E-state index in [1.807, 2.05) is 51.8 Å². The fourth-order valence-corrected chi connectivity index (χ4v) is 3.22.